The lowest BCUT2D eigenvalue weighted by Crippen LogP contribution is -2.45. The van der Waals surface area contributed by atoms with E-state index in [4.69, 9.17) is 25.5 Å². The van der Waals surface area contributed by atoms with E-state index in [2.05, 4.69) is 5.32 Å². The first-order chi connectivity index (χ1) is 12.5. The van der Waals surface area contributed by atoms with Gasteiger partial charge in [0.25, 0.3) is 0 Å². The molecule has 13 nitrogen and oxygen atoms in total. The van der Waals surface area contributed by atoms with Crippen LogP contribution in [0.4, 0.5) is 0 Å². The molecule has 1 atom stereocenters. The molecule has 13 heteroatoms. The van der Waals surface area contributed by atoms with E-state index in [9.17, 15) is 24.0 Å². The molecule has 154 valence electrons. The fourth-order valence-electron chi connectivity index (χ4n) is 2.18. The highest BCUT2D eigenvalue weighted by molar-refractivity contribution is 5.75. The summed E-state index contributed by atoms with van der Waals surface area (Å²) in [4.78, 5) is 56.5. The summed E-state index contributed by atoms with van der Waals surface area (Å²) in [5.41, 5.74) is 0. The monoisotopic (exact) mass is 393 g/mol. The van der Waals surface area contributed by atoms with Crippen molar-refractivity contribution >= 4 is 29.8 Å². The third-order valence-electron chi connectivity index (χ3n) is 3.34. The summed E-state index contributed by atoms with van der Waals surface area (Å²) in [7, 11) is 0. The van der Waals surface area contributed by atoms with Gasteiger partial charge in [0, 0.05) is 19.6 Å². The zero-order valence-corrected chi connectivity index (χ0v) is 14.4. The lowest BCUT2D eigenvalue weighted by atomic mass is 10.2. The second kappa shape index (κ2) is 12.6. The first-order valence-electron chi connectivity index (χ1n) is 7.79. The minimum Gasteiger partial charge on any atom is -0.480 e. The van der Waals surface area contributed by atoms with Gasteiger partial charge < -0.3 is 25.5 Å². The number of hydrogen-bond donors (Lipinski definition) is 6. The van der Waals surface area contributed by atoms with E-state index in [-0.39, 0.29) is 26.1 Å². The molecule has 0 spiro atoms. The first-order valence-corrected chi connectivity index (χ1v) is 7.79. The van der Waals surface area contributed by atoms with E-state index in [1.54, 1.807) is 0 Å². The average Bonchev–Trinajstić information content (AvgIpc) is 2.49. The number of rotatable bonds is 16. The third kappa shape index (κ3) is 13.1. The molecule has 27 heavy (non-hydrogen) atoms. The summed E-state index contributed by atoms with van der Waals surface area (Å²) in [6.45, 7) is -2.27. The Morgan fingerprint density at radius 1 is 0.667 bits per heavy atom. The molecule has 0 saturated heterocycles. The minimum atomic E-state index is -1.30. The number of aliphatic carboxylic acids is 5. The topological polar surface area (TPSA) is 205 Å². The molecule has 0 rings (SSSR count). The largest absolute Gasteiger partial charge is 0.480 e. The Morgan fingerprint density at radius 2 is 1.11 bits per heavy atom. The standard InChI is InChI=1S/C14H23N3O10/c18-10(19)5-15-9(14(26)27)1-2-16(6-11(20)21)3-4-17(7-12(22)23)8-13(24)25/h9,15H,1-8H2,(H,18,19)(H,20,21)(H,22,23)(H,24,25)(H,26,27). The lowest BCUT2D eigenvalue weighted by Gasteiger charge is -2.25. The van der Waals surface area contributed by atoms with E-state index in [0.717, 1.165) is 4.90 Å². The fraction of sp³-hybridized carbons (Fsp3) is 0.643. The summed E-state index contributed by atoms with van der Waals surface area (Å²) in [5, 5.41) is 46.5. The van der Waals surface area contributed by atoms with E-state index in [1.165, 1.54) is 4.90 Å². The van der Waals surface area contributed by atoms with Gasteiger partial charge in [0.1, 0.15) is 6.04 Å². The Hall–Kier alpha value is -2.77. The highest BCUT2D eigenvalue weighted by atomic mass is 16.4. The van der Waals surface area contributed by atoms with Gasteiger partial charge in [0.05, 0.1) is 26.2 Å². The van der Waals surface area contributed by atoms with Crippen LogP contribution in [0.1, 0.15) is 6.42 Å². The highest BCUT2D eigenvalue weighted by Gasteiger charge is 2.21. The molecular formula is C14H23N3O10. The number of hydrogen-bond acceptors (Lipinski definition) is 8. The molecule has 0 heterocycles. The maximum absolute atomic E-state index is 11.1. The van der Waals surface area contributed by atoms with Gasteiger partial charge in [-0.3, -0.25) is 39.1 Å². The fourth-order valence-corrected chi connectivity index (χ4v) is 2.18. The van der Waals surface area contributed by atoms with Gasteiger partial charge in [-0.2, -0.15) is 0 Å². The van der Waals surface area contributed by atoms with Crippen LogP contribution in [0, 0.1) is 0 Å². The summed E-state index contributed by atoms with van der Waals surface area (Å²) >= 11 is 0. The predicted octanol–water partition coefficient (Wildman–Crippen LogP) is -2.64. The molecule has 0 fully saturated rings. The molecule has 0 aliphatic rings. The first kappa shape index (κ1) is 24.2. The highest BCUT2D eigenvalue weighted by Crippen LogP contribution is 2.00. The van der Waals surface area contributed by atoms with Crippen LogP contribution in [0.15, 0.2) is 0 Å². The number of nitrogens with one attached hydrogen (secondary N) is 1. The van der Waals surface area contributed by atoms with Gasteiger partial charge in [0.2, 0.25) is 0 Å². The summed E-state index contributed by atoms with van der Waals surface area (Å²) in [6, 6.07) is -1.22. The van der Waals surface area contributed by atoms with Crippen molar-refractivity contribution in [2.45, 2.75) is 12.5 Å². The van der Waals surface area contributed by atoms with Gasteiger partial charge in [-0.05, 0) is 6.42 Å². The van der Waals surface area contributed by atoms with Crippen LogP contribution < -0.4 is 5.32 Å². The van der Waals surface area contributed by atoms with Gasteiger partial charge in [0.15, 0.2) is 0 Å². The van der Waals surface area contributed by atoms with Crippen LogP contribution in [-0.2, 0) is 24.0 Å². The molecular weight excluding hydrogens is 370 g/mol. The van der Waals surface area contributed by atoms with Gasteiger partial charge in [-0.25, -0.2) is 0 Å². The molecule has 0 saturated carbocycles. The zero-order valence-electron chi connectivity index (χ0n) is 14.4. The maximum Gasteiger partial charge on any atom is 0.320 e. The Labute approximate surface area is 153 Å². The van der Waals surface area contributed by atoms with Crippen LogP contribution in [-0.4, -0.2) is 117 Å². The molecule has 0 aromatic carbocycles. The molecule has 0 amide bonds. The SMILES string of the molecule is O=C(O)CNC(CCN(CCN(CC(=O)O)CC(=O)O)CC(=O)O)C(=O)O. The third-order valence-corrected chi connectivity index (χ3v) is 3.34. The van der Waals surface area contributed by atoms with Crippen molar-refractivity contribution < 1.29 is 49.5 Å². The van der Waals surface area contributed by atoms with Crippen molar-refractivity contribution in [2.24, 2.45) is 0 Å². The Morgan fingerprint density at radius 3 is 1.52 bits per heavy atom. The summed E-state index contributed by atoms with van der Waals surface area (Å²) in [6.07, 6.45) is -0.103. The second-order valence-corrected chi connectivity index (χ2v) is 5.62. The maximum atomic E-state index is 11.1. The van der Waals surface area contributed by atoms with Gasteiger partial charge in [-0.15, -0.1) is 0 Å². The predicted molar refractivity (Wildman–Crippen MR) is 87.5 cm³/mol. The smallest absolute Gasteiger partial charge is 0.320 e. The normalized spacial score (nSPS) is 12.1. The van der Waals surface area contributed by atoms with E-state index >= 15 is 0 Å². The minimum absolute atomic E-state index is 0.0157. The van der Waals surface area contributed by atoms with Gasteiger partial charge >= 0.3 is 29.8 Å². The van der Waals surface area contributed by atoms with Crippen molar-refractivity contribution in [1.82, 2.24) is 15.1 Å². The molecule has 6 N–H and O–H groups in total. The molecule has 0 aromatic heterocycles. The van der Waals surface area contributed by atoms with Crippen LogP contribution in [0.2, 0.25) is 0 Å². The van der Waals surface area contributed by atoms with Crippen molar-refractivity contribution in [3.8, 4) is 0 Å². The van der Waals surface area contributed by atoms with Gasteiger partial charge in [-0.1, -0.05) is 0 Å². The molecule has 1 unspecified atom stereocenters. The van der Waals surface area contributed by atoms with Crippen LogP contribution >= 0.6 is 0 Å². The van der Waals surface area contributed by atoms with Crippen molar-refractivity contribution in [2.75, 3.05) is 45.8 Å². The average molecular weight is 393 g/mol. The van der Waals surface area contributed by atoms with E-state index in [1.807, 2.05) is 0 Å². The van der Waals surface area contributed by atoms with Crippen molar-refractivity contribution in [3.63, 3.8) is 0 Å². The summed E-state index contributed by atoms with van der Waals surface area (Å²) in [5.74, 6) is -6.25. The van der Waals surface area contributed by atoms with Crippen LogP contribution in [0.25, 0.3) is 0 Å². The second-order valence-electron chi connectivity index (χ2n) is 5.62. The van der Waals surface area contributed by atoms with Crippen LogP contribution in [0.3, 0.4) is 0 Å². The molecule has 0 aromatic rings. The number of carboxylic acids is 5. The molecule has 0 bridgehead atoms. The van der Waals surface area contributed by atoms with Crippen molar-refractivity contribution in [3.05, 3.63) is 0 Å². The van der Waals surface area contributed by atoms with Crippen molar-refractivity contribution in [1.29, 1.82) is 0 Å². The van der Waals surface area contributed by atoms with E-state index < -0.39 is 62.1 Å². The van der Waals surface area contributed by atoms with Crippen LogP contribution in [0.5, 0.6) is 0 Å². The number of carbonyl (C=O) groups is 5. The Bertz CT molecular complexity index is 537. The Kier molecular flexibility index (Phi) is 11.3. The quantitative estimate of drug-likeness (QED) is 0.159. The molecule has 0 aliphatic carbocycles. The lowest BCUT2D eigenvalue weighted by molar-refractivity contribution is -0.144. The summed E-state index contributed by atoms with van der Waals surface area (Å²) < 4.78 is 0. The molecule has 0 aliphatic heterocycles. The number of carboxylic acid groups (broad SMARTS) is 5. The van der Waals surface area contributed by atoms with E-state index in [0.29, 0.717) is 0 Å². The number of nitrogens with zero attached hydrogens (tertiary/aromatic N) is 2. The Balaban J connectivity index is 4.81. The zero-order chi connectivity index (χ0) is 21.0. The molecule has 0 radical (unpaired) electrons.